The second-order valence-electron chi connectivity index (χ2n) is 6.76. The van der Waals surface area contributed by atoms with Crippen LogP contribution in [0.4, 0.5) is 24.5 Å². The highest BCUT2D eigenvalue weighted by molar-refractivity contribution is 7.92. The summed E-state index contributed by atoms with van der Waals surface area (Å²) in [5.41, 5.74) is 0.173. The fourth-order valence-electron chi connectivity index (χ4n) is 2.98. The minimum Gasteiger partial charge on any atom is -0.324 e. The normalized spacial score (nSPS) is 13.1. The molecule has 1 amide bonds. The second kappa shape index (κ2) is 8.23. The lowest BCUT2D eigenvalue weighted by Gasteiger charge is -2.29. The molecule has 0 unspecified atom stereocenters. The van der Waals surface area contributed by atoms with Crippen LogP contribution in [0.2, 0.25) is 5.02 Å². The van der Waals surface area contributed by atoms with Gasteiger partial charge in [-0.05, 0) is 62.2 Å². The van der Waals surface area contributed by atoms with Crippen molar-refractivity contribution in [2.24, 2.45) is 0 Å². The fraction of sp³-hybridized carbons (Fsp3) is 0.316. The van der Waals surface area contributed by atoms with E-state index in [-0.39, 0.29) is 10.7 Å². The lowest BCUT2D eigenvalue weighted by atomic mass is 10.1. The van der Waals surface area contributed by atoms with Crippen molar-refractivity contribution in [3.05, 3.63) is 58.1 Å². The third-order valence-corrected chi connectivity index (χ3v) is 5.57. The fourth-order valence-corrected chi connectivity index (χ4v) is 4.31. The SMILES string of the molecule is Cc1cc(C)cc(N([C@@H](C)C(=O)Nc2ccc(Cl)cc2C(F)(F)F)S(C)(=O)=O)c1. The molecule has 0 saturated carbocycles. The number of alkyl halides is 3. The first-order chi connectivity index (χ1) is 13.2. The number of sulfonamides is 1. The Morgan fingerprint density at radius 1 is 1.10 bits per heavy atom. The van der Waals surface area contributed by atoms with Crippen molar-refractivity contribution in [3.63, 3.8) is 0 Å². The van der Waals surface area contributed by atoms with E-state index in [9.17, 15) is 26.4 Å². The molecule has 0 aromatic heterocycles. The van der Waals surface area contributed by atoms with E-state index in [0.29, 0.717) is 6.07 Å². The van der Waals surface area contributed by atoms with E-state index in [1.165, 1.54) is 13.0 Å². The van der Waals surface area contributed by atoms with Crippen molar-refractivity contribution < 1.29 is 26.4 Å². The van der Waals surface area contributed by atoms with Crippen molar-refractivity contribution in [2.75, 3.05) is 15.9 Å². The summed E-state index contributed by atoms with van der Waals surface area (Å²) < 4.78 is 65.4. The molecule has 0 saturated heterocycles. The average Bonchev–Trinajstić information content (AvgIpc) is 2.53. The van der Waals surface area contributed by atoms with Crippen molar-refractivity contribution in [1.29, 1.82) is 0 Å². The van der Waals surface area contributed by atoms with Crippen molar-refractivity contribution in [3.8, 4) is 0 Å². The van der Waals surface area contributed by atoms with Crippen LogP contribution < -0.4 is 9.62 Å². The Labute approximate surface area is 172 Å². The van der Waals surface area contributed by atoms with Gasteiger partial charge in [0, 0.05) is 5.02 Å². The smallest absolute Gasteiger partial charge is 0.324 e. The van der Waals surface area contributed by atoms with E-state index >= 15 is 0 Å². The quantitative estimate of drug-likeness (QED) is 0.716. The van der Waals surface area contributed by atoms with Gasteiger partial charge >= 0.3 is 6.18 Å². The largest absolute Gasteiger partial charge is 0.418 e. The number of aryl methyl sites for hydroxylation is 2. The molecular formula is C19H20ClF3N2O3S. The molecule has 0 radical (unpaired) electrons. The topological polar surface area (TPSA) is 66.5 Å². The van der Waals surface area contributed by atoms with Crippen LogP contribution in [-0.4, -0.2) is 26.6 Å². The van der Waals surface area contributed by atoms with Gasteiger partial charge in [0.15, 0.2) is 0 Å². The molecule has 2 rings (SSSR count). The average molecular weight is 449 g/mol. The van der Waals surface area contributed by atoms with Crippen LogP contribution in [0.1, 0.15) is 23.6 Å². The van der Waals surface area contributed by atoms with Crippen LogP contribution >= 0.6 is 11.6 Å². The zero-order valence-corrected chi connectivity index (χ0v) is 17.7. The predicted molar refractivity (Wildman–Crippen MR) is 108 cm³/mol. The number of hydrogen-bond donors (Lipinski definition) is 1. The Morgan fingerprint density at radius 3 is 2.14 bits per heavy atom. The van der Waals surface area contributed by atoms with Crippen LogP contribution in [-0.2, 0) is 21.0 Å². The van der Waals surface area contributed by atoms with E-state index < -0.39 is 39.4 Å². The second-order valence-corrected chi connectivity index (χ2v) is 9.05. The standard InChI is InChI=1S/C19H20ClF3N2O3S/c1-11-7-12(2)9-15(8-11)25(29(4,27)28)13(3)18(26)24-17-6-5-14(20)10-16(17)19(21,22)23/h5-10,13H,1-4H3,(H,24,26)/t13-/m0/s1. The number of amides is 1. The van der Waals surface area contributed by atoms with Gasteiger partial charge in [-0.2, -0.15) is 13.2 Å². The van der Waals surface area contributed by atoms with E-state index in [0.717, 1.165) is 27.8 Å². The molecule has 2 aromatic carbocycles. The minimum absolute atomic E-state index is 0.142. The Kier molecular flexibility index (Phi) is 6.54. The first-order valence-corrected chi connectivity index (χ1v) is 10.7. The monoisotopic (exact) mass is 448 g/mol. The van der Waals surface area contributed by atoms with Crippen LogP contribution in [0, 0.1) is 13.8 Å². The summed E-state index contributed by atoms with van der Waals surface area (Å²) in [5, 5.41) is 2.03. The Hall–Kier alpha value is -2.26. The molecule has 158 valence electrons. The maximum absolute atomic E-state index is 13.3. The molecule has 2 aromatic rings. The summed E-state index contributed by atoms with van der Waals surface area (Å²) in [5.74, 6) is -0.914. The summed E-state index contributed by atoms with van der Waals surface area (Å²) in [6, 6.07) is 6.62. The first-order valence-electron chi connectivity index (χ1n) is 8.45. The number of nitrogens with zero attached hydrogens (tertiary/aromatic N) is 1. The number of benzene rings is 2. The zero-order valence-electron chi connectivity index (χ0n) is 16.1. The molecule has 10 heteroatoms. The van der Waals surface area contributed by atoms with Crippen molar-refractivity contribution >= 4 is 38.9 Å². The van der Waals surface area contributed by atoms with Crippen molar-refractivity contribution in [2.45, 2.75) is 33.0 Å². The van der Waals surface area contributed by atoms with Gasteiger partial charge in [-0.1, -0.05) is 17.7 Å². The Balaban J connectivity index is 2.44. The predicted octanol–water partition coefficient (Wildman–Crippen LogP) is 4.77. The molecule has 0 fully saturated rings. The van der Waals surface area contributed by atoms with E-state index in [4.69, 9.17) is 11.6 Å². The van der Waals surface area contributed by atoms with Crippen LogP contribution in [0.15, 0.2) is 36.4 Å². The molecule has 0 aliphatic rings. The summed E-state index contributed by atoms with van der Waals surface area (Å²) in [7, 11) is -3.90. The number of anilines is 2. The number of carbonyl (C=O) groups excluding carboxylic acids is 1. The Bertz CT molecular complexity index is 1020. The van der Waals surface area contributed by atoms with Crippen LogP contribution in [0.25, 0.3) is 0 Å². The Morgan fingerprint density at radius 2 is 1.66 bits per heavy atom. The number of nitrogens with one attached hydrogen (secondary N) is 1. The summed E-state index contributed by atoms with van der Waals surface area (Å²) in [6.07, 6.45) is -3.82. The molecule has 0 heterocycles. The highest BCUT2D eigenvalue weighted by Gasteiger charge is 2.36. The summed E-state index contributed by atoms with van der Waals surface area (Å²) in [6.45, 7) is 4.84. The number of rotatable bonds is 5. The van der Waals surface area contributed by atoms with Gasteiger partial charge in [0.1, 0.15) is 6.04 Å². The lowest BCUT2D eigenvalue weighted by Crippen LogP contribution is -2.45. The van der Waals surface area contributed by atoms with Gasteiger partial charge in [-0.15, -0.1) is 0 Å². The molecule has 29 heavy (non-hydrogen) atoms. The third-order valence-electron chi connectivity index (χ3n) is 4.09. The maximum Gasteiger partial charge on any atom is 0.418 e. The molecule has 5 nitrogen and oxygen atoms in total. The minimum atomic E-state index is -4.75. The molecule has 0 spiro atoms. The van der Waals surface area contributed by atoms with Gasteiger partial charge in [0.05, 0.1) is 23.2 Å². The lowest BCUT2D eigenvalue weighted by molar-refractivity contribution is -0.137. The number of hydrogen-bond acceptors (Lipinski definition) is 3. The third kappa shape index (κ3) is 5.63. The molecule has 0 aliphatic heterocycles. The maximum atomic E-state index is 13.3. The zero-order chi connectivity index (χ0) is 22.1. The van der Waals surface area contributed by atoms with E-state index in [1.54, 1.807) is 26.0 Å². The van der Waals surface area contributed by atoms with Crippen LogP contribution in [0.3, 0.4) is 0 Å². The van der Waals surface area contributed by atoms with Gasteiger partial charge < -0.3 is 5.32 Å². The molecule has 0 aliphatic carbocycles. The summed E-state index contributed by atoms with van der Waals surface area (Å²) in [4.78, 5) is 12.7. The molecule has 0 bridgehead atoms. The van der Waals surface area contributed by atoms with Crippen molar-refractivity contribution in [1.82, 2.24) is 0 Å². The number of carbonyl (C=O) groups is 1. The highest BCUT2D eigenvalue weighted by atomic mass is 35.5. The molecule has 1 N–H and O–H groups in total. The van der Waals surface area contributed by atoms with Gasteiger partial charge in [0.25, 0.3) is 0 Å². The van der Waals surface area contributed by atoms with Gasteiger partial charge in [0.2, 0.25) is 15.9 Å². The van der Waals surface area contributed by atoms with Gasteiger partial charge in [-0.3, -0.25) is 9.10 Å². The number of halogens is 4. The van der Waals surface area contributed by atoms with Crippen LogP contribution in [0.5, 0.6) is 0 Å². The summed E-state index contributed by atoms with van der Waals surface area (Å²) >= 11 is 5.64. The highest BCUT2D eigenvalue weighted by Crippen LogP contribution is 2.36. The van der Waals surface area contributed by atoms with E-state index in [2.05, 4.69) is 5.32 Å². The molecular weight excluding hydrogens is 429 g/mol. The van der Waals surface area contributed by atoms with E-state index in [1.807, 2.05) is 6.07 Å². The molecule has 1 atom stereocenters. The van der Waals surface area contributed by atoms with Gasteiger partial charge in [-0.25, -0.2) is 8.42 Å². The first kappa shape index (κ1) is 23.0.